The van der Waals surface area contributed by atoms with E-state index in [0.717, 1.165) is 0 Å². The Morgan fingerprint density at radius 2 is 1.68 bits per heavy atom. The van der Waals surface area contributed by atoms with E-state index in [-0.39, 0.29) is 18.2 Å². The Morgan fingerprint density at radius 1 is 1.00 bits per heavy atom. The molecule has 3 N–H and O–H groups in total. The van der Waals surface area contributed by atoms with Crippen molar-refractivity contribution in [3.05, 3.63) is 53.6 Å². The lowest BCUT2D eigenvalue weighted by atomic mass is 10.0. The van der Waals surface area contributed by atoms with Gasteiger partial charge in [0.2, 0.25) is 5.91 Å². The van der Waals surface area contributed by atoms with Gasteiger partial charge in [-0.1, -0.05) is 32.0 Å². The van der Waals surface area contributed by atoms with Crippen molar-refractivity contribution in [1.82, 2.24) is 5.32 Å². The van der Waals surface area contributed by atoms with Crippen LogP contribution in [0.3, 0.4) is 0 Å². The van der Waals surface area contributed by atoms with Gasteiger partial charge in [0.1, 0.15) is 6.04 Å². The fourth-order valence-electron chi connectivity index (χ4n) is 3.08. The van der Waals surface area contributed by atoms with Crippen molar-refractivity contribution in [2.45, 2.75) is 32.7 Å². The normalized spacial score (nSPS) is 11.5. The highest BCUT2D eigenvalue weighted by Crippen LogP contribution is 2.28. The lowest BCUT2D eigenvalue weighted by Gasteiger charge is -2.17. The summed E-state index contributed by atoms with van der Waals surface area (Å²) in [5.41, 5.74) is 1.40. The minimum atomic E-state index is -1.07. The van der Waals surface area contributed by atoms with Crippen LogP contribution in [0.5, 0.6) is 11.5 Å². The third-order valence-electron chi connectivity index (χ3n) is 4.60. The zero-order valence-electron chi connectivity index (χ0n) is 18.1. The van der Waals surface area contributed by atoms with Crippen molar-refractivity contribution in [1.29, 1.82) is 0 Å². The van der Waals surface area contributed by atoms with E-state index in [0.29, 0.717) is 34.7 Å². The Bertz CT molecular complexity index is 941. The predicted molar refractivity (Wildman–Crippen MR) is 117 cm³/mol. The molecule has 0 saturated heterocycles. The molecule has 8 heteroatoms. The van der Waals surface area contributed by atoms with E-state index in [1.807, 2.05) is 13.8 Å². The van der Waals surface area contributed by atoms with Crippen molar-refractivity contribution < 1.29 is 29.0 Å². The number of carbonyl (C=O) groups is 3. The van der Waals surface area contributed by atoms with Crippen LogP contribution in [0.4, 0.5) is 5.69 Å². The quantitative estimate of drug-likeness (QED) is 0.536. The first kappa shape index (κ1) is 23.7. The summed E-state index contributed by atoms with van der Waals surface area (Å²) >= 11 is 0. The fourth-order valence-corrected chi connectivity index (χ4v) is 3.08. The SMILES string of the molecule is COc1ccc(C(=O)Nc2ccccc2CC(=O)NC(CC(C)C)C(=O)O)cc1OC. The molecule has 1 atom stereocenters. The second kappa shape index (κ2) is 11.0. The van der Waals surface area contributed by atoms with Crippen LogP contribution in [-0.2, 0) is 16.0 Å². The lowest BCUT2D eigenvalue weighted by molar-refractivity contribution is -0.142. The first-order chi connectivity index (χ1) is 14.7. The van der Waals surface area contributed by atoms with E-state index in [4.69, 9.17) is 9.47 Å². The zero-order chi connectivity index (χ0) is 23.0. The van der Waals surface area contributed by atoms with E-state index in [2.05, 4.69) is 10.6 Å². The van der Waals surface area contributed by atoms with Gasteiger partial charge < -0.3 is 25.2 Å². The third-order valence-corrected chi connectivity index (χ3v) is 4.60. The summed E-state index contributed by atoms with van der Waals surface area (Å²) in [4.78, 5) is 36.6. The van der Waals surface area contributed by atoms with Gasteiger partial charge in [-0.2, -0.15) is 0 Å². The number of hydrogen-bond acceptors (Lipinski definition) is 5. The molecule has 0 aliphatic rings. The Balaban J connectivity index is 2.14. The van der Waals surface area contributed by atoms with E-state index >= 15 is 0 Å². The van der Waals surface area contributed by atoms with Gasteiger partial charge >= 0.3 is 5.97 Å². The Morgan fingerprint density at radius 3 is 2.29 bits per heavy atom. The van der Waals surface area contributed by atoms with Crippen LogP contribution in [0, 0.1) is 5.92 Å². The van der Waals surface area contributed by atoms with Crippen LogP contribution < -0.4 is 20.1 Å². The van der Waals surface area contributed by atoms with Gasteiger partial charge in [-0.3, -0.25) is 9.59 Å². The monoisotopic (exact) mass is 428 g/mol. The highest BCUT2D eigenvalue weighted by atomic mass is 16.5. The summed E-state index contributed by atoms with van der Waals surface area (Å²) in [6.07, 6.45) is 0.267. The molecule has 2 rings (SSSR count). The van der Waals surface area contributed by atoms with Crippen molar-refractivity contribution >= 4 is 23.5 Å². The highest BCUT2D eigenvalue weighted by molar-refractivity contribution is 6.05. The Hall–Kier alpha value is -3.55. The van der Waals surface area contributed by atoms with Gasteiger partial charge in [-0.25, -0.2) is 4.79 Å². The number of carbonyl (C=O) groups excluding carboxylic acids is 2. The number of nitrogens with one attached hydrogen (secondary N) is 2. The summed E-state index contributed by atoms with van der Waals surface area (Å²) < 4.78 is 10.4. The molecule has 166 valence electrons. The average Bonchev–Trinajstić information content (AvgIpc) is 2.73. The standard InChI is InChI=1S/C23H28N2O6/c1-14(2)11-18(23(28)29)24-21(26)13-15-7-5-6-8-17(15)25-22(27)16-9-10-19(30-3)20(12-16)31-4/h5-10,12,14,18H,11,13H2,1-4H3,(H,24,26)(H,25,27)(H,28,29). The van der Waals surface area contributed by atoms with Gasteiger partial charge in [0.05, 0.1) is 20.6 Å². The maximum Gasteiger partial charge on any atom is 0.326 e. The van der Waals surface area contributed by atoms with Crippen LogP contribution in [0.1, 0.15) is 36.2 Å². The number of hydrogen-bond donors (Lipinski definition) is 3. The van der Waals surface area contributed by atoms with Gasteiger partial charge in [0, 0.05) is 11.3 Å². The van der Waals surface area contributed by atoms with Crippen molar-refractivity contribution in [3.8, 4) is 11.5 Å². The number of methoxy groups -OCH3 is 2. The van der Waals surface area contributed by atoms with Gasteiger partial charge in [0.15, 0.2) is 11.5 Å². The average molecular weight is 428 g/mol. The summed E-state index contributed by atoms with van der Waals surface area (Å²) in [7, 11) is 2.99. The maximum atomic E-state index is 12.7. The summed E-state index contributed by atoms with van der Waals surface area (Å²) in [5, 5.41) is 14.7. The molecule has 2 aromatic carbocycles. The first-order valence-corrected chi connectivity index (χ1v) is 9.88. The predicted octanol–water partition coefficient (Wildman–Crippen LogP) is 3.11. The number of amides is 2. The molecule has 0 fully saturated rings. The second-order valence-electron chi connectivity index (χ2n) is 7.45. The smallest absolute Gasteiger partial charge is 0.326 e. The number of carboxylic acid groups (broad SMARTS) is 1. The molecular weight excluding hydrogens is 400 g/mol. The van der Waals surface area contributed by atoms with E-state index in [9.17, 15) is 19.5 Å². The van der Waals surface area contributed by atoms with E-state index < -0.39 is 17.9 Å². The number of para-hydroxylation sites is 1. The topological polar surface area (TPSA) is 114 Å². The van der Waals surface area contributed by atoms with E-state index in [1.54, 1.807) is 42.5 Å². The first-order valence-electron chi connectivity index (χ1n) is 9.88. The molecular formula is C23H28N2O6. The molecule has 2 aromatic rings. The molecule has 0 radical (unpaired) electrons. The van der Waals surface area contributed by atoms with Gasteiger partial charge in [0.25, 0.3) is 5.91 Å². The highest BCUT2D eigenvalue weighted by Gasteiger charge is 2.22. The third kappa shape index (κ3) is 6.74. The second-order valence-corrected chi connectivity index (χ2v) is 7.45. The van der Waals surface area contributed by atoms with Gasteiger partial charge in [-0.15, -0.1) is 0 Å². The summed E-state index contributed by atoms with van der Waals surface area (Å²) in [5.74, 6) is -0.831. The van der Waals surface area contributed by atoms with Crippen LogP contribution in [0.2, 0.25) is 0 Å². The summed E-state index contributed by atoms with van der Waals surface area (Å²) in [6.45, 7) is 3.78. The Labute approximate surface area is 181 Å². The number of carboxylic acids is 1. The van der Waals surface area contributed by atoms with E-state index in [1.165, 1.54) is 14.2 Å². The number of benzene rings is 2. The van der Waals surface area contributed by atoms with Crippen LogP contribution in [0.25, 0.3) is 0 Å². The molecule has 1 unspecified atom stereocenters. The molecule has 0 aliphatic carbocycles. The molecule has 0 aromatic heterocycles. The molecule has 0 saturated carbocycles. The minimum absolute atomic E-state index is 0.0652. The Kier molecular flexibility index (Phi) is 8.43. The number of rotatable bonds is 10. The van der Waals surface area contributed by atoms with Crippen molar-refractivity contribution in [3.63, 3.8) is 0 Å². The maximum absolute atomic E-state index is 12.7. The number of aliphatic carboxylic acids is 1. The van der Waals surface area contributed by atoms with Crippen LogP contribution >= 0.6 is 0 Å². The molecule has 0 bridgehead atoms. The molecule has 0 aliphatic heterocycles. The van der Waals surface area contributed by atoms with Crippen LogP contribution in [0.15, 0.2) is 42.5 Å². The lowest BCUT2D eigenvalue weighted by Crippen LogP contribution is -2.42. The van der Waals surface area contributed by atoms with Crippen molar-refractivity contribution in [2.24, 2.45) is 5.92 Å². The molecule has 8 nitrogen and oxygen atoms in total. The summed E-state index contributed by atoms with van der Waals surface area (Å²) in [6, 6.07) is 10.7. The molecule has 0 spiro atoms. The fraction of sp³-hybridized carbons (Fsp3) is 0.348. The van der Waals surface area contributed by atoms with Gasteiger partial charge in [-0.05, 0) is 42.2 Å². The minimum Gasteiger partial charge on any atom is -0.493 e. The number of ether oxygens (including phenoxy) is 2. The molecule has 2 amide bonds. The van der Waals surface area contributed by atoms with Crippen LogP contribution in [-0.4, -0.2) is 43.2 Å². The zero-order valence-corrected chi connectivity index (χ0v) is 18.1. The molecule has 0 heterocycles. The number of anilines is 1. The van der Waals surface area contributed by atoms with Crippen molar-refractivity contribution in [2.75, 3.05) is 19.5 Å². The largest absolute Gasteiger partial charge is 0.493 e. The molecule has 31 heavy (non-hydrogen) atoms.